The fraction of sp³-hybridized carbons (Fsp3) is 0.263. The molecule has 130 valence electrons. The Balaban J connectivity index is 1.47. The summed E-state index contributed by atoms with van der Waals surface area (Å²) in [5.74, 6) is 0.915. The summed E-state index contributed by atoms with van der Waals surface area (Å²) in [6, 6.07) is 10.8. The van der Waals surface area contributed by atoms with Gasteiger partial charge in [0.25, 0.3) is 5.91 Å². The van der Waals surface area contributed by atoms with Gasteiger partial charge in [0.15, 0.2) is 11.5 Å². The molecule has 0 bridgehead atoms. The van der Waals surface area contributed by atoms with Gasteiger partial charge in [0, 0.05) is 30.3 Å². The van der Waals surface area contributed by atoms with Crippen LogP contribution in [0.5, 0.6) is 11.5 Å². The molecular formula is C19H20N2O4. The number of rotatable bonds is 5. The first-order chi connectivity index (χ1) is 12.0. The van der Waals surface area contributed by atoms with E-state index in [9.17, 15) is 9.59 Å². The number of hydrogen-bond donors (Lipinski definition) is 2. The molecule has 0 aliphatic carbocycles. The van der Waals surface area contributed by atoms with E-state index < -0.39 is 0 Å². The van der Waals surface area contributed by atoms with Crippen molar-refractivity contribution in [2.45, 2.75) is 20.3 Å². The first-order valence-electron chi connectivity index (χ1n) is 8.08. The van der Waals surface area contributed by atoms with Gasteiger partial charge in [0.05, 0.1) is 0 Å². The lowest BCUT2D eigenvalue weighted by Crippen LogP contribution is -2.27. The largest absolute Gasteiger partial charge is 0.454 e. The maximum atomic E-state index is 12.1. The van der Waals surface area contributed by atoms with Gasteiger partial charge in [-0.2, -0.15) is 0 Å². The van der Waals surface area contributed by atoms with E-state index in [-0.39, 0.29) is 31.6 Å². The molecular weight excluding hydrogens is 320 g/mol. The van der Waals surface area contributed by atoms with Gasteiger partial charge in [-0.25, -0.2) is 0 Å². The molecule has 0 spiro atoms. The third kappa shape index (κ3) is 4.09. The SMILES string of the molecule is Cc1ccc(C(=O)NCCC(=O)Nc2ccc3c(c2)OCO3)cc1C. The van der Waals surface area contributed by atoms with Crippen LogP contribution in [-0.4, -0.2) is 25.2 Å². The molecule has 1 aliphatic heterocycles. The summed E-state index contributed by atoms with van der Waals surface area (Å²) in [5, 5.41) is 5.54. The number of carbonyl (C=O) groups is 2. The maximum absolute atomic E-state index is 12.1. The summed E-state index contributed by atoms with van der Waals surface area (Å²) in [7, 11) is 0. The minimum Gasteiger partial charge on any atom is -0.454 e. The number of benzene rings is 2. The molecule has 3 rings (SSSR count). The minimum atomic E-state index is -0.182. The lowest BCUT2D eigenvalue weighted by Gasteiger charge is -2.08. The Bertz CT molecular complexity index is 817. The zero-order valence-electron chi connectivity index (χ0n) is 14.2. The highest BCUT2D eigenvalue weighted by atomic mass is 16.7. The van der Waals surface area contributed by atoms with Gasteiger partial charge >= 0.3 is 0 Å². The van der Waals surface area contributed by atoms with E-state index in [1.165, 1.54) is 0 Å². The molecule has 2 aromatic rings. The molecule has 0 saturated carbocycles. The molecule has 2 aromatic carbocycles. The number of amides is 2. The quantitative estimate of drug-likeness (QED) is 0.877. The predicted octanol–water partition coefficient (Wildman–Crippen LogP) is 2.79. The Morgan fingerprint density at radius 1 is 1.00 bits per heavy atom. The van der Waals surface area contributed by atoms with Crippen LogP contribution in [0.1, 0.15) is 27.9 Å². The third-order valence-corrected chi connectivity index (χ3v) is 4.06. The van der Waals surface area contributed by atoms with Crippen molar-refractivity contribution in [3.05, 3.63) is 53.1 Å². The van der Waals surface area contributed by atoms with Crippen LogP contribution in [0.3, 0.4) is 0 Å². The summed E-state index contributed by atoms with van der Waals surface area (Å²) in [6.45, 7) is 4.42. The molecule has 25 heavy (non-hydrogen) atoms. The topological polar surface area (TPSA) is 76.7 Å². The molecule has 1 heterocycles. The van der Waals surface area contributed by atoms with Gasteiger partial charge in [0.2, 0.25) is 12.7 Å². The summed E-state index contributed by atoms with van der Waals surface area (Å²) in [5.41, 5.74) is 3.43. The van der Waals surface area contributed by atoms with E-state index in [0.29, 0.717) is 22.7 Å². The second kappa shape index (κ2) is 7.25. The van der Waals surface area contributed by atoms with Crippen LogP contribution in [0, 0.1) is 13.8 Å². The van der Waals surface area contributed by atoms with E-state index in [1.807, 2.05) is 26.0 Å². The first kappa shape index (κ1) is 16.8. The molecule has 0 radical (unpaired) electrons. The van der Waals surface area contributed by atoms with Crippen molar-refractivity contribution in [2.24, 2.45) is 0 Å². The van der Waals surface area contributed by atoms with Crippen molar-refractivity contribution in [2.75, 3.05) is 18.7 Å². The predicted molar refractivity (Wildman–Crippen MR) is 94.1 cm³/mol. The van der Waals surface area contributed by atoms with Crippen LogP contribution >= 0.6 is 0 Å². The van der Waals surface area contributed by atoms with E-state index >= 15 is 0 Å². The molecule has 2 amide bonds. The zero-order chi connectivity index (χ0) is 17.8. The molecule has 6 nitrogen and oxygen atoms in total. The third-order valence-electron chi connectivity index (χ3n) is 4.06. The molecule has 0 atom stereocenters. The summed E-state index contributed by atoms with van der Waals surface area (Å²) in [6.07, 6.45) is 0.186. The van der Waals surface area contributed by atoms with E-state index in [0.717, 1.165) is 11.1 Å². The van der Waals surface area contributed by atoms with Gasteiger partial charge in [0.1, 0.15) is 0 Å². The number of ether oxygens (including phenoxy) is 2. The van der Waals surface area contributed by atoms with Crippen molar-refractivity contribution in [1.82, 2.24) is 5.32 Å². The van der Waals surface area contributed by atoms with Crippen molar-refractivity contribution in [3.8, 4) is 11.5 Å². The lowest BCUT2D eigenvalue weighted by molar-refractivity contribution is -0.116. The smallest absolute Gasteiger partial charge is 0.251 e. The van der Waals surface area contributed by atoms with Crippen LogP contribution in [-0.2, 0) is 4.79 Å². The Kier molecular flexibility index (Phi) is 4.88. The number of hydrogen-bond acceptors (Lipinski definition) is 4. The molecule has 2 N–H and O–H groups in total. The summed E-state index contributed by atoms with van der Waals surface area (Å²) < 4.78 is 10.5. The molecule has 1 aliphatic rings. The molecule has 6 heteroatoms. The fourth-order valence-corrected chi connectivity index (χ4v) is 2.47. The Morgan fingerprint density at radius 3 is 2.60 bits per heavy atom. The van der Waals surface area contributed by atoms with E-state index in [1.54, 1.807) is 24.3 Å². The van der Waals surface area contributed by atoms with Crippen LogP contribution < -0.4 is 20.1 Å². The number of fused-ring (bicyclic) bond motifs is 1. The average molecular weight is 340 g/mol. The minimum absolute atomic E-state index is 0.181. The normalized spacial score (nSPS) is 11.9. The monoisotopic (exact) mass is 340 g/mol. The molecule has 0 fully saturated rings. The van der Waals surface area contributed by atoms with Crippen LogP contribution in [0.4, 0.5) is 5.69 Å². The lowest BCUT2D eigenvalue weighted by atomic mass is 10.1. The van der Waals surface area contributed by atoms with Gasteiger partial charge in [-0.1, -0.05) is 6.07 Å². The average Bonchev–Trinajstić information content (AvgIpc) is 3.05. The number of aryl methyl sites for hydroxylation is 2. The van der Waals surface area contributed by atoms with Gasteiger partial charge in [-0.3, -0.25) is 9.59 Å². The summed E-state index contributed by atoms with van der Waals surface area (Å²) >= 11 is 0. The van der Waals surface area contributed by atoms with Gasteiger partial charge in [-0.15, -0.1) is 0 Å². The molecule has 0 aromatic heterocycles. The van der Waals surface area contributed by atoms with Crippen molar-refractivity contribution in [3.63, 3.8) is 0 Å². The van der Waals surface area contributed by atoms with Gasteiger partial charge < -0.3 is 20.1 Å². The van der Waals surface area contributed by atoms with Crippen molar-refractivity contribution >= 4 is 17.5 Å². The van der Waals surface area contributed by atoms with Crippen LogP contribution in [0.15, 0.2) is 36.4 Å². The molecule has 0 saturated heterocycles. The Labute approximate surface area is 146 Å². The highest BCUT2D eigenvalue weighted by Crippen LogP contribution is 2.34. The molecule has 0 unspecified atom stereocenters. The zero-order valence-corrected chi connectivity index (χ0v) is 14.2. The van der Waals surface area contributed by atoms with Crippen LogP contribution in [0.2, 0.25) is 0 Å². The highest BCUT2D eigenvalue weighted by molar-refractivity contribution is 5.95. The van der Waals surface area contributed by atoms with E-state index in [2.05, 4.69) is 10.6 Å². The Morgan fingerprint density at radius 2 is 1.80 bits per heavy atom. The fourth-order valence-electron chi connectivity index (χ4n) is 2.47. The van der Waals surface area contributed by atoms with Crippen molar-refractivity contribution < 1.29 is 19.1 Å². The number of nitrogens with one attached hydrogen (secondary N) is 2. The highest BCUT2D eigenvalue weighted by Gasteiger charge is 2.14. The standard InChI is InChI=1S/C19H20N2O4/c1-12-3-4-14(9-13(12)2)19(23)20-8-7-18(22)21-15-5-6-16-17(10-15)25-11-24-16/h3-6,9-10H,7-8,11H2,1-2H3,(H,20,23)(H,21,22). The summed E-state index contributed by atoms with van der Waals surface area (Å²) in [4.78, 5) is 24.1. The van der Waals surface area contributed by atoms with Crippen LogP contribution in [0.25, 0.3) is 0 Å². The first-order valence-corrected chi connectivity index (χ1v) is 8.08. The van der Waals surface area contributed by atoms with E-state index in [4.69, 9.17) is 9.47 Å². The maximum Gasteiger partial charge on any atom is 0.251 e. The van der Waals surface area contributed by atoms with Crippen molar-refractivity contribution in [1.29, 1.82) is 0 Å². The Hall–Kier alpha value is -3.02. The second-order valence-electron chi connectivity index (χ2n) is 5.92. The second-order valence-corrected chi connectivity index (χ2v) is 5.92. The van der Waals surface area contributed by atoms with Gasteiger partial charge in [-0.05, 0) is 49.2 Å². The number of anilines is 1. The number of carbonyl (C=O) groups excluding carboxylic acids is 2.